The van der Waals surface area contributed by atoms with Crippen molar-refractivity contribution in [3.63, 3.8) is 0 Å². The predicted octanol–water partition coefficient (Wildman–Crippen LogP) is 6.30. The molecule has 9 heteroatoms. The first kappa shape index (κ1) is 31.8. The summed E-state index contributed by atoms with van der Waals surface area (Å²) in [5.41, 5.74) is 5.10. The Labute approximate surface area is 268 Å². The Kier molecular flexibility index (Phi) is 9.39. The molecule has 2 aromatic carbocycles. The smallest absolute Gasteiger partial charge is 0.286 e. The number of carbonyl (C=O) groups excluding carboxylic acids is 2. The lowest BCUT2D eigenvalue weighted by Gasteiger charge is -2.46. The molecule has 8 nitrogen and oxygen atoms in total. The number of amides is 2. The van der Waals surface area contributed by atoms with Crippen LogP contribution in [0.1, 0.15) is 85.3 Å². The third-order valence-corrected chi connectivity index (χ3v) is 12.1. The number of benzene rings is 2. The summed E-state index contributed by atoms with van der Waals surface area (Å²) in [7, 11) is -1.48. The number of aryl methyl sites for hydroxylation is 2. The maximum absolute atomic E-state index is 13.8. The molecule has 4 aliphatic rings. The Morgan fingerprint density at radius 3 is 2.82 bits per heavy atom. The van der Waals surface area contributed by atoms with E-state index in [-0.39, 0.29) is 29.6 Å². The lowest BCUT2D eigenvalue weighted by molar-refractivity contribution is -0.118. The summed E-state index contributed by atoms with van der Waals surface area (Å²) in [5, 5.41) is 0. The molecule has 6 rings (SSSR count). The maximum Gasteiger partial charge on any atom is 0.286 e. The molecule has 2 bridgehead atoms. The molecule has 2 heterocycles. The van der Waals surface area contributed by atoms with Gasteiger partial charge < -0.3 is 14.4 Å². The highest BCUT2D eigenvalue weighted by Gasteiger charge is 2.44. The molecule has 0 aromatic heterocycles. The second-order valence-electron chi connectivity index (χ2n) is 13.4. The highest BCUT2D eigenvalue weighted by atomic mass is 32.2. The van der Waals surface area contributed by atoms with Crippen LogP contribution >= 0.6 is 0 Å². The minimum absolute atomic E-state index is 0.0328. The molecular formula is C36H47N3O5S. The molecule has 2 amide bonds. The fourth-order valence-corrected chi connectivity index (χ4v) is 9.39. The molecule has 2 aliphatic carbocycles. The Morgan fingerprint density at radius 2 is 2.04 bits per heavy atom. The number of fused-ring (bicyclic) bond motifs is 4. The van der Waals surface area contributed by atoms with E-state index in [0.717, 1.165) is 69.5 Å². The van der Waals surface area contributed by atoms with Crippen molar-refractivity contribution in [3.05, 3.63) is 70.8 Å². The van der Waals surface area contributed by atoms with Crippen LogP contribution in [0.5, 0.6) is 5.75 Å². The molecule has 45 heavy (non-hydrogen) atoms. The first-order chi connectivity index (χ1) is 21.7. The van der Waals surface area contributed by atoms with Crippen molar-refractivity contribution >= 4 is 27.4 Å². The fourth-order valence-electron chi connectivity index (χ4n) is 7.69. The van der Waals surface area contributed by atoms with E-state index in [4.69, 9.17) is 9.47 Å². The van der Waals surface area contributed by atoms with Gasteiger partial charge in [0.05, 0.1) is 24.2 Å². The number of carbonyl (C=O) groups is 2. The SMILES string of the molecule is CCC(=O)NS1(=O)=NC(=O)c2ccc3c(c2)N(C[C@@H]2CC[C@H]2[C@@H](OC)/C=C/CCCC1)C[C@@]1(CCCc2cc(C)ccc21)CO3. The Hall–Kier alpha value is -3.17. The summed E-state index contributed by atoms with van der Waals surface area (Å²) in [6.07, 6.45) is 12.2. The van der Waals surface area contributed by atoms with Gasteiger partial charge >= 0.3 is 0 Å². The number of hydrogen-bond donors (Lipinski definition) is 1. The molecule has 0 saturated heterocycles. The van der Waals surface area contributed by atoms with Crippen LogP contribution in [0, 0.1) is 18.8 Å². The number of nitrogens with zero attached hydrogens (tertiary/aromatic N) is 2. The third kappa shape index (κ3) is 6.70. The van der Waals surface area contributed by atoms with Gasteiger partial charge in [0.2, 0.25) is 5.91 Å². The summed E-state index contributed by atoms with van der Waals surface area (Å²) in [5.74, 6) is 0.760. The summed E-state index contributed by atoms with van der Waals surface area (Å²) >= 11 is 0. The van der Waals surface area contributed by atoms with Gasteiger partial charge in [0.25, 0.3) is 5.91 Å². The average molecular weight is 634 g/mol. The van der Waals surface area contributed by atoms with Gasteiger partial charge in [-0.25, -0.2) is 4.21 Å². The van der Waals surface area contributed by atoms with E-state index in [1.165, 1.54) is 16.7 Å². The zero-order valence-corrected chi connectivity index (χ0v) is 27.7. The van der Waals surface area contributed by atoms with Crippen molar-refractivity contribution in [2.75, 3.05) is 37.5 Å². The number of rotatable bonds is 3. The van der Waals surface area contributed by atoms with Crippen molar-refractivity contribution in [1.29, 1.82) is 0 Å². The van der Waals surface area contributed by atoms with Crippen molar-refractivity contribution in [2.45, 2.75) is 83.2 Å². The van der Waals surface area contributed by atoms with E-state index < -0.39 is 15.8 Å². The monoisotopic (exact) mass is 633 g/mol. The van der Waals surface area contributed by atoms with Crippen LogP contribution in [0.4, 0.5) is 5.69 Å². The molecule has 2 aliphatic heterocycles. The lowest BCUT2D eigenvalue weighted by Crippen LogP contribution is -2.49. The molecule has 2 aromatic rings. The van der Waals surface area contributed by atoms with Crippen LogP contribution in [0.15, 0.2) is 52.9 Å². The van der Waals surface area contributed by atoms with Gasteiger partial charge in [0, 0.05) is 37.6 Å². The number of hydrogen-bond acceptors (Lipinski definition) is 6. The molecule has 1 fully saturated rings. The highest BCUT2D eigenvalue weighted by molar-refractivity contribution is 7.92. The summed E-state index contributed by atoms with van der Waals surface area (Å²) < 4.78 is 33.2. The van der Waals surface area contributed by atoms with Crippen molar-refractivity contribution < 1.29 is 23.3 Å². The molecule has 1 N–H and O–H groups in total. The zero-order valence-electron chi connectivity index (χ0n) is 26.9. The van der Waals surface area contributed by atoms with E-state index in [0.29, 0.717) is 30.4 Å². The number of nitrogens with one attached hydrogen (secondary N) is 1. The molecule has 0 radical (unpaired) electrons. The van der Waals surface area contributed by atoms with Gasteiger partial charge in [-0.2, -0.15) is 0 Å². The minimum atomic E-state index is -3.28. The first-order valence-electron chi connectivity index (χ1n) is 16.6. The molecule has 1 spiro atoms. The second-order valence-corrected chi connectivity index (χ2v) is 15.5. The fraction of sp³-hybridized carbons (Fsp3) is 0.556. The van der Waals surface area contributed by atoms with Crippen molar-refractivity contribution in [2.24, 2.45) is 16.2 Å². The van der Waals surface area contributed by atoms with Gasteiger partial charge in [-0.3, -0.25) is 14.3 Å². The number of methoxy groups -OCH3 is 1. The topological polar surface area (TPSA) is 97.3 Å². The Morgan fingerprint density at radius 1 is 1.18 bits per heavy atom. The van der Waals surface area contributed by atoms with Gasteiger partial charge in [0.15, 0.2) is 0 Å². The molecule has 242 valence electrons. The Balaban J connectivity index is 1.43. The molecular weight excluding hydrogens is 586 g/mol. The number of anilines is 1. The second kappa shape index (κ2) is 13.3. The van der Waals surface area contributed by atoms with E-state index in [2.05, 4.69) is 51.3 Å². The Bertz CT molecular complexity index is 1590. The number of ether oxygens (including phenoxy) is 2. The van der Waals surface area contributed by atoms with Crippen LogP contribution in [-0.4, -0.2) is 54.7 Å². The van der Waals surface area contributed by atoms with Crippen molar-refractivity contribution in [1.82, 2.24) is 4.72 Å². The van der Waals surface area contributed by atoms with E-state index in [1.54, 1.807) is 20.1 Å². The maximum atomic E-state index is 13.8. The van der Waals surface area contributed by atoms with Crippen LogP contribution in [-0.2, 0) is 31.3 Å². The first-order valence-corrected chi connectivity index (χ1v) is 18.3. The van der Waals surface area contributed by atoms with Crippen LogP contribution in [0.2, 0.25) is 0 Å². The largest absolute Gasteiger partial charge is 0.490 e. The van der Waals surface area contributed by atoms with Crippen LogP contribution in [0.3, 0.4) is 0 Å². The van der Waals surface area contributed by atoms with Crippen LogP contribution in [0.25, 0.3) is 0 Å². The quantitative estimate of drug-likeness (QED) is 0.399. The van der Waals surface area contributed by atoms with Gasteiger partial charge in [-0.05, 0) is 99.5 Å². The molecule has 5 atom stereocenters. The molecule has 1 unspecified atom stereocenters. The lowest BCUT2D eigenvalue weighted by atomic mass is 9.68. The van der Waals surface area contributed by atoms with E-state index in [9.17, 15) is 13.8 Å². The summed E-state index contributed by atoms with van der Waals surface area (Å²) in [6, 6.07) is 12.3. The van der Waals surface area contributed by atoms with Gasteiger partial charge in [-0.15, -0.1) is 4.36 Å². The predicted molar refractivity (Wildman–Crippen MR) is 178 cm³/mol. The zero-order chi connectivity index (χ0) is 31.6. The summed E-state index contributed by atoms with van der Waals surface area (Å²) in [4.78, 5) is 28.4. The minimum Gasteiger partial charge on any atom is -0.490 e. The molecule has 1 saturated carbocycles. The summed E-state index contributed by atoms with van der Waals surface area (Å²) in [6.45, 7) is 6.03. The highest BCUT2D eigenvalue weighted by Crippen LogP contribution is 2.46. The van der Waals surface area contributed by atoms with Crippen molar-refractivity contribution in [3.8, 4) is 5.75 Å². The van der Waals surface area contributed by atoms with E-state index >= 15 is 0 Å². The normalized spacial score (nSPS) is 30.8. The number of allylic oxidation sites excluding steroid dienone is 1. The van der Waals surface area contributed by atoms with Gasteiger partial charge in [0.1, 0.15) is 15.7 Å². The third-order valence-electron chi connectivity index (χ3n) is 10.3. The average Bonchev–Trinajstić information content (AvgIpc) is 3.16. The van der Waals surface area contributed by atoms with Crippen LogP contribution < -0.4 is 14.4 Å². The van der Waals surface area contributed by atoms with E-state index in [1.807, 2.05) is 12.1 Å². The van der Waals surface area contributed by atoms with Gasteiger partial charge in [-0.1, -0.05) is 42.8 Å². The standard InChI is InChI=1S/C36H47N3O5S/c1-4-34(40)37-45(42)19-8-6-5-7-11-32(43-3)29-15-13-28(29)22-39-23-36(18-9-10-26-20-25(2)12-16-30(26)36)24-44-33-17-14-27(21-31(33)39)35(41)38-45/h7,11-12,14,16-17,20-21,28-29,32H,4-6,8-10,13,15,18-19,22-24H2,1-3H3,(H,37,38,40,41,42)/b11-7+/t28-,29+,32-,36-,45?/m0/s1.